The van der Waals surface area contributed by atoms with Gasteiger partial charge in [0.2, 0.25) is 0 Å². The van der Waals surface area contributed by atoms with Gasteiger partial charge in [0.25, 0.3) is 5.56 Å². The third-order valence-corrected chi connectivity index (χ3v) is 6.01. The molecule has 3 aromatic rings. The van der Waals surface area contributed by atoms with Crippen LogP contribution in [-0.4, -0.2) is 37.1 Å². The Balaban J connectivity index is 1.39. The van der Waals surface area contributed by atoms with E-state index >= 15 is 0 Å². The molecule has 1 unspecified atom stereocenters. The fourth-order valence-electron chi connectivity index (χ4n) is 4.33. The van der Waals surface area contributed by atoms with Crippen LogP contribution in [0, 0.1) is 6.92 Å². The summed E-state index contributed by atoms with van der Waals surface area (Å²) in [4.78, 5) is 12.8. The summed E-state index contributed by atoms with van der Waals surface area (Å²) in [5, 5.41) is 0. The summed E-state index contributed by atoms with van der Waals surface area (Å²) < 4.78 is 25.0. The van der Waals surface area contributed by atoms with Crippen molar-refractivity contribution in [1.29, 1.82) is 0 Å². The maximum Gasteiger partial charge on any atom is 0.254 e. The Labute approximate surface area is 187 Å². The zero-order chi connectivity index (χ0) is 21.9. The van der Waals surface area contributed by atoms with Crippen LogP contribution in [0.3, 0.4) is 0 Å². The standard InChI is InChI=1S/C26H27NO5/c1-18-24(32-17-22-16-29-11-12-30-22)14-25(28)27-10-9-20-13-21(7-8-23(20)26(18)27)31-15-19-5-3-2-4-6-19/h2-8,13-14,22H,9-12,15-17H2,1H3. The number of benzene rings is 2. The quantitative estimate of drug-likeness (QED) is 0.593. The van der Waals surface area contributed by atoms with Crippen molar-refractivity contribution >= 4 is 0 Å². The van der Waals surface area contributed by atoms with Crippen molar-refractivity contribution in [2.75, 3.05) is 26.4 Å². The second-order valence-electron chi connectivity index (χ2n) is 8.19. The predicted molar refractivity (Wildman–Crippen MR) is 121 cm³/mol. The van der Waals surface area contributed by atoms with Gasteiger partial charge in [0.1, 0.15) is 30.8 Å². The second kappa shape index (κ2) is 9.18. The van der Waals surface area contributed by atoms with E-state index in [1.165, 1.54) is 5.56 Å². The predicted octanol–water partition coefficient (Wildman–Crippen LogP) is 3.75. The van der Waals surface area contributed by atoms with Gasteiger partial charge in [-0.2, -0.15) is 0 Å². The molecule has 32 heavy (non-hydrogen) atoms. The molecule has 2 aromatic carbocycles. The van der Waals surface area contributed by atoms with E-state index in [0.717, 1.165) is 34.6 Å². The van der Waals surface area contributed by atoms with E-state index in [-0.39, 0.29) is 11.7 Å². The minimum atomic E-state index is -0.112. The fourth-order valence-corrected chi connectivity index (χ4v) is 4.33. The number of aromatic nitrogens is 1. The molecule has 0 amide bonds. The molecule has 1 fully saturated rings. The van der Waals surface area contributed by atoms with Gasteiger partial charge in [-0.25, -0.2) is 0 Å². The highest BCUT2D eigenvalue weighted by atomic mass is 16.6. The number of hydrogen-bond donors (Lipinski definition) is 0. The van der Waals surface area contributed by atoms with E-state index in [9.17, 15) is 4.79 Å². The normalized spacial score (nSPS) is 17.3. The first-order valence-corrected chi connectivity index (χ1v) is 11.1. The highest BCUT2D eigenvalue weighted by Gasteiger charge is 2.23. The monoisotopic (exact) mass is 433 g/mol. The van der Waals surface area contributed by atoms with E-state index in [2.05, 4.69) is 24.3 Å². The van der Waals surface area contributed by atoms with Gasteiger partial charge in [0.05, 0.1) is 25.5 Å². The van der Waals surface area contributed by atoms with E-state index in [4.69, 9.17) is 18.9 Å². The zero-order valence-corrected chi connectivity index (χ0v) is 18.2. The van der Waals surface area contributed by atoms with Crippen molar-refractivity contribution in [3.8, 4) is 22.8 Å². The van der Waals surface area contributed by atoms with E-state index in [1.807, 2.05) is 35.8 Å². The topological polar surface area (TPSA) is 58.9 Å². The largest absolute Gasteiger partial charge is 0.490 e. The molecule has 0 radical (unpaired) electrons. The molecule has 1 atom stereocenters. The number of nitrogens with zero attached hydrogens (tertiary/aromatic N) is 1. The van der Waals surface area contributed by atoms with Crippen LogP contribution < -0.4 is 15.0 Å². The molecule has 1 aromatic heterocycles. The molecule has 6 nitrogen and oxygen atoms in total. The SMILES string of the molecule is Cc1c(OCC2COCCO2)cc(=O)n2c1-c1ccc(OCc3ccccc3)cc1CC2. The van der Waals surface area contributed by atoms with Crippen LogP contribution in [0.5, 0.6) is 11.5 Å². The summed E-state index contributed by atoms with van der Waals surface area (Å²) in [5.41, 5.74) is 5.20. The number of hydrogen-bond acceptors (Lipinski definition) is 5. The Morgan fingerprint density at radius 2 is 1.94 bits per heavy atom. The van der Waals surface area contributed by atoms with Crippen molar-refractivity contribution in [3.05, 3.63) is 81.6 Å². The molecule has 6 heteroatoms. The molecular weight excluding hydrogens is 406 g/mol. The molecule has 1 saturated heterocycles. The number of rotatable bonds is 6. The molecule has 0 bridgehead atoms. The third-order valence-electron chi connectivity index (χ3n) is 6.01. The third kappa shape index (κ3) is 4.29. The van der Waals surface area contributed by atoms with Gasteiger partial charge in [-0.1, -0.05) is 30.3 Å². The van der Waals surface area contributed by atoms with Crippen LogP contribution in [0.15, 0.2) is 59.4 Å². The van der Waals surface area contributed by atoms with Gasteiger partial charge >= 0.3 is 0 Å². The molecule has 0 spiro atoms. The summed E-state index contributed by atoms with van der Waals surface area (Å²) in [6.07, 6.45) is 0.677. The average molecular weight is 434 g/mol. The van der Waals surface area contributed by atoms with Gasteiger partial charge in [-0.05, 0) is 42.7 Å². The molecule has 0 N–H and O–H groups in total. The molecule has 2 aliphatic rings. The van der Waals surface area contributed by atoms with Crippen LogP contribution >= 0.6 is 0 Å². The van der Waals surface area contributed by atoms with Crippen molar-refractivity contribution < 1.29 is 18.9 Å². The Hall–Kier alpha value is -3.09. The molecule has 5 rings (SSSR count). The van der Waals surface area contributed by atoms with Crippen molar-refractivity contribution in [3.63, 3.8) is 0 Å². The van der Waals surface area contributed by atoms with E-state index in [1.54, 1.807) is 6.07 Å². The van der Waals surface area contributed by atoms with E-state index < -0.39 is 0 Å². The summed E-state index contributed by atoms with van der Waals surface area (Å²) >= 11 is 0. The Morgan fingerprint density at radius 1 is 1.06 bits per heavy atom. The van der Waals surface area contributed by atoms with Crippen LogP contribution in [0.4, 0.5) is 0 Å². The maximum atomic E-state index is 12.8. The molecule has 2 aliphatic heterocycles. The average Bonchev–Trinajstić information content (AvgIpc) is 2.84. The van der Waals surface area contributed by atoms with Crippen LogP contribution in [0.25, 0.3) is 11.3 Å². The lowest BCUT2D eigenvalue weighted by Gasteiger charge is -2.27. The molecule has 0 aliphatic carbocycles. The lowest BCUT2D eigenvalue weighted by molar-refractivity contribution is -0.101. The Kier molecular flexibility index (Phi) is 5.97. The smallest absolute Gasteiger partial charge is 0.254 e. The van der Waals surface area contributed by atoms with Crippen molar-refractivity contribution in [2.45, 2.75) is 32.6 Å². The van der Waals surface area contributed by atoms with E-state index in [0.29, 0.717) is 45.3 Å². The first-order chi connectivity index (χ1) is 15.7. The van der Waals surface area contributed by atoms with Gasteiger partial charge in [0.15, 0.2) is 0 Å². The summed E-state index contributed by atoms with van der Waals surface area (Å²) in [6, 6.07) is 17.8. The highest BCUT2D eigenvalue weighted by Crippen LogP contribution is 2.36. The number of pyridine rings is 1. The number of ether oxygens (including phenoxy) is 4. The van der Waals surface area contributed by atoms with Crippen LogP contribution in [0.2, 0.25) is 0 Å². The van der Waals surface area contributed by atoms with Gasteiger partial charge in [0, 0.05) is 23.7 Å². The minimum Gasteiger partial charge on any atom is -0.490 e. The van der Waals surface area contributed by atoms with Gasteiger partial charge in [-0.3, -0.25) is 4.79 Å². The fraction of sp³-hybridized carbons (Fsp3) is 0.346. The highest BCUT2D eigenvalue weighted by molar-refractivity contribution is 5.71. The minimum absolute atomic E-state index is 0.0449. The molecular formula is C26H27NO5. The Bertz CT molecular complexity index is 1150. The molecule has 0 saturated carbocycles. The first-order valence-electron chi connectivity index (χ1n) is 11.1. The molecule has 3 heterocycles. The van der Waals surface area contributed by atoms with Crippen molar-refractivity contribution in [1.82, 2.24) is 4.57 Å². The van der Waals surface area contributed by atoms with Crippen LogP contribution in [-0.2, 0) is 29.0 Å². The lowest BCUT2D eigenvalue weighted by atomic mass is 9.94. The summed E-state index contributed by atoms with van der Waals surface area (Å²) in [6.45, 7) is 5.24. The number of fused-ring (bicyclic) bond motifs is 3. The maximum absolute atomic E-state index is 12.8. The zero-order valence-electron chi connectivity index (χ0n) is 18.2. The van der Waals surface area contributed by atoms with Gasteiger partial charge in [-0.15, -0.1) is 0 Å². The first kappa shape index (κ1) is 20.8. The Morgan fingerprint density at radius 3 is 2.75 bits per heavy atom. The lowest BCUT2D eigenvalue weighted by Crippen LogP contribution is -2.34. The summed E-state index contributed by atoms with van der Waals surface area (Å²) in [7, 11) is 0. The van der Waals surface area contributed by atoms with Crippen LogP contribution in [0.1, 0.15) is 16.7 Å². The van der Waals surface area contributed by atoms with Gasteiger partial charge < -0.3 is 23.5 Å². The second-order valence-corrected chi connectivity index (χ2v) is 8.19. The number of aryl methyl sites for hydroxylation is 1. The molecule has 166 valence electrons. The summed E-state index contributed by atoms with van der Waals surface area (Å²) in [5.74, 6) is 1.44. The van der Waals surface area contributed by atoms with Crippen molar-refractivity contribution in [2.24, 2.45) is 0 Å².